The lowest BCUT2D eigenvalue weighted by atomic mass is 10.0. The van der Waals surface area contributed by atoms with Crippen molar-refractivity contribution in [1.82, 2.24) is 14.5 Å². The second-order valence-electron chi connectivity index (χ2n) is 8.02. The van der Waals surface area contributed by atoms with Gasteiger partial charge in [0.15, 0.2) is 5.16 Å². The quantitative estimate of drug-likeness (QED) is 0.547. The molecule has 0 radical (unpaired) electrons. The summed E-state index contributed by atoms with van der Waals surface area (Å²) in [5, 5.41) is 1.46. The highest BCUT2D eigenvalue weighted by Gasteiger charge is 2.35. The third-order valence-electron chi connectivity index (χ3n) is 5.99. The Balaban J connectivity index is 1.38. The van der Waals surface area contributed by atoms with Crippen molar-refractivity contribution in [3.8, 4) is 0 Å². The fourth-order valence-electron chi connectivity index (χ4n) is 4.40. The number of thioether (sulfide) groups is 1. The summed E-state index contributed by atoms with van der Waals surface area (Å²) in [4.78, 5) is 34.9. The van der Waals surface area contributed by atoms with Crippen LogP contribution < -0.4 is 5.56 Å². The first-order valence-electron chi connectivity index (χ1n) is 10.3. The minimum Gasteiger partial charge on any atom is -0.313 e. The lowest BCUT2D eigenvalue weighted by Gasteiger charge is -2.27. The van der Waals surface area contributed by atoms with Crippen LogP contribution in [0.3, 0.4) is 0 Å². The van der Waals surface area contributed by atoms with Gasteiger partial charge >= 0.3 is 0 Å². The van der Waals surface area contributed by atoms with Crippen molar-refractivity contribution in [1.29, 1.82) is 0 Å². The van der Waals surface area contributed by atoms with Crippen LogP contribution >= 0.6 is 23.1 Å². The normalized spacial score (nSPS) is 19.0. The number of aryl methyl sites for hydroxylation is 2. The van der Waals surface area contributed by atoms with E-state index in [0.29, 0.717) is 17.0 Å². The van der Waals surface area contributed by atoms with Crippen molar-refractivity contribution in [2.24, 2.45) is 7.05 Å². The zero-order valence-electron chi connectivity index (χ0n) is 16.2. The molecule has 0 spiro atoms. The van der Waals surface area contributed by atoms with E-state index in [1.165, 1.54) is 40.7 Å². The van der Waals surface area contributed by atoms with E-state index in [2.05, 4.69) is 6.08 Å². The van der Waals surface area contributed by atoms with E-state index in [0.717, 1.165) is 55.2 Å². The van der Waals surface area contributed by atoms with Gasteiger partial charge in [0, 0.05) is 23.7 Å². The van der Waals surface area contributed by atoms with Gasteiger partial charge in [0.2, 0.25) is 5.91 Å². The summed E-state index contributed by atoms with van der Waals surface area (Å²) in [7, 11) is 1.78. The molecule has 5 nitrogen and oxygen atoms in total. The molecule has 3 aliphatic carbocycles. The lowest BCUT2D eigenvalue weighted by Crippen LogP contribution is -2.34. The van der Waals surface area contributed by atoms with Crippen LogP contribution in [0.15, 0.2) is 21.7 Å². The fraction of sp³-hybridized carbons (Fsp3) is 0.571. The smallest absolute Gasteiger partial charge is 0.262 e. The Kier molecular flexibility index (Phi) is 4.83. The minimum absolute atomic E-state index is 0.0355. The van der Waals surface area contributed by atoms with Crippen LogP contribution in [0.2, 0.25) is 0 Å². The molecule has 0 saturated heterocycles. The number of hydrogen-bond donors (Lipinski definition) is 0. The topological polar surface area (TPSA) is 55.2 Å². The van der Waals surface area contributed by atoms with Crippen LogP contribution in [0.5, 0.6) is 0 Å². The first kappa shape index (κ1) is 18.4. The molecule has 1 fully saturated rings. The molecule has 0 aromatic carbocycles. The van der Waals surface area contributed by atoms with Crippen LogP contribution in [0.4, 0.5) is 0 Å². The van der Waals surface area contributed by atoms with Gasteiger partial charge in [0.25, 0.3) is 5.56 Å². The predicted octanol–water partition coefficient (Wildman–Crippen LogP) is 4.02. The van der Waals surface area contributed by atoms with Gasteiger partial charge in [0.1, 0.15) is 4.83 Å². The van der Waals surface area contributed by atoms with Gasteiger partial charge in [-0.05, 0) is 63.4 Å². The van der Waals surface area contributed by atoms with E-state index in [-0.39, 0.29) is 11.5 Å². The standard InChI is InChI=1S/C21H25N3O2S2/c1-23-20(26)18-15-8-5-9-16(15)28-19(18)22-21(23)27-12-17(25)24(14-10-11-14)13-6-3-2-4-7-13/h6,14H,2-5,7-12H2,1H3. The average molecular weight is 416 g/mol. The average Bonchev–Trinajstić information content (AvgIpc) is 3.31. The van der Waals surface area contributed by atoms with Crippen molar-refractivity contribution >= 4 is 39.2 Å². The van der Waals surface area contributed by atoms with Crippen LogP contribution in [0, 0.1) is 0 Å². The Hall–Kier alpha value is -1.60. The summed E-state index contributed by atoms with van der Waals surface area (Å²) in [6.07, 6.45) is 12.1. The van der Waals surface area contributed by atoms with E-state index >= 15 is 0 Å². The molecule has 1 saturated carbocycles. The molecule has 3 aliphatic rings. The van der Waals surface area contributed by atoms with Gasteiger partial charge in [-0.15, -0.1) is 11.3 Å². The molecule has 2 heterocycles. The zero-order valence-corrected chi connectivity index (χ0v) is 17.8. The van der Waals surface area contributed by atoms with Crippen LogP contribution in [-0.4, -0.2) is 32.2 Å². The zero-order chi connectivity index (χ0) is 19.3. The molecular formula is C21H25N3O2S2. The Morgan fingerprint density at radius 1 is 1.29 bits per heavy atom. The number of nitrogens with zero attached hydrogens (tertiary/aromatic N) is 3. The van der Waals surface area contributed by atoms with E-state index in [9.17, 15) is 9.59 Å². The van der Waals surface area contributed by atoms with E-state index in [1.54, 1.807) is 23.0 Å². The van der Waals surface area contributed by atoms with Crippen molar-refractivity contribution in [3.63, 3.8) is 0 Å². The number of fused-ring (bicyclic) bond motifs is 3. The molecule has 0 N–H and O–H groups in total. The molecule has 1 amide bonds. The third kappa shape index (κ3) is 3.22. The van der Waals surface area contributed by atoms with Gasteiger partial charge in [-0.25, -0.2) is 4.98 Å². The molecule has 0 aliphatic heterocycles. The Bertz CT molecular complexity index is 1030. The summed E-state index contributed by atoms with van der Waals surface area (Å²) in [5.74, 6) is 0.494. The minimum atomic E-state index is 0.0355. The molecule has 0 bridgehead atoms. The number of carbonyl (C=O) groups excluding carboxylic acids is 1. The summed E-state index contributed by atoms with van der Waals surface area (Å²) in [6.45, 7) is 0. The van der Waals surface area contributed by atoms with Gasteiger partial charge in [-0.1, -0.05) is 17.8 Å². The van der Waals surface area contributed by atoms with Crippen LogP contribution in [0.1, 0.15) is 55.4 Å². The molecule has 7 heteroatoms. The first-order valence-corrected chi connectivity index (χ1v) is 12.1. The Morgan fingerprint density at radius 2 is 2.14 bits per heavy atom. The van der Waals surface area contributed by atoms with Crippen LogP contribution in [-0.2, 0) is 24.7 Å². The highest BCUT2D eigenvalue weighted by Crippen LogP contribution is 2.36. The SMILES string of the molecule is Cn1c(SCC(=O)N(C2=CCCCC2)C2CC2)nc2sc3c(c2c1=O)CCC3. The van der Waals surface area contributed by atoms with Gasteiger partial charge in [0.05, 0.1) is 11.1 Å². The Labute approximate surface area is 172 Å². The third-order valence-corrected chi connectivity index (χ3v) is 8.19. The van der Waals surface area contributed by atoms with Gasteiger partial charge in [-0.2, -0.15) is 0 Å². The molecule has 5 rings (SSSR count). The summed E-state index contributed by atoms with van der Waals surface area (Å²) < 4.78 is 1.63. The molecule has 0 unspecified atom stereocenters. The predicted molar refractivity (Wildman–Crippen MR) is 114 cm³/mol. The maximum atomic E-state index is 13.0. The van der Waals surface area contributed by atoms with E-state index in [4.69, 9.17) is 4.98 Å². The maximum Gasteiger partial charge on any atom is 0.262 e. The number of amides is 1. The number of thiophene rings is 1. The first-order chi connectivity index (χ1) is 13.6. The van der Waals surface area contributed by atoms with Gasteiger partial charge in [-0.3, -0.25) is 14.2 Å². The molecule has 0 atom stereocenters. The van der Waals surface area contributed by atoms with E-state index in [1.807, 2.05) is 4.90 Å². The number of rotatable bonds is 5. The highest BCUT2D eigenvalue weighted by molar-refractivity contribution is 7.99. The lowest BCUT2D eigenvalue weighted by molar-refractivity contribution is -0.127. The molecule has 148 valence electrons. The summed E-state index contributed by atoms with van der Waals surface area (Å²) in [5.41, 5.74) is 2.46. The highest BCUT2D eigenvalue weighted by atomic mass is 32.2. The molecule has 2 aromatic rings. The second kappa shape index (κ2) is 7.34. The number of hydrogen-bond acceptors (Lipinski definition) is 5. The van der Waals surface area contributed by atoms with Crippen LogP contribution in [0.25, 0.3) is 10.2 Å². The fourth-order valence-corrected chi connectivity index (χ4v) is 6.54. The van der Waals surface area contributed by atoms with Crippen molar-refractivity contribution < 1.29 is 4.79 Å². The maximum absolute atomic E-state index is 13.0. The second-order valence-corrected chi connectivity index (χ2v) is 10.0. The van der Waals surface area contributed by atoms with Crippen molar-refractivity contribution in [2.45, 2.75) is 69.0 Å². The monoisotopic (exact) mass is 415 g/mol. The largest absolute Gasteiger partial charge is 0.313 e. The molecular weight excluding hydrogens is 390 g/mol. The Morgan fingerprint density at radius 3 is 2.89 bits per heavy atom. The molecule has 28 heavy (non-hydrogen) atoms. The molecule has 2 aromatic heterocycles. The summed E-state index contributed by atoms with van der Waals surface area (Å²) >= 11 is 3.06. The van der Waals surface area contributed by atoms with E-state index < -0.39 is 0 Å². The number of carbonyl (C=O) groups is 1. The number of allylic oxidation sites excluding steroid dienone is 2. The number of aromatic nitrogens is 2. The van der Waals surface area contributed by atoms with Gasteiger partial charge < -0.3 is 4.90 Å². The van der Waals surface area contributed by atoms with Crippen molar-refractivity contribution in [3.05, 3.63) is 32.6 Å². The van der Waals surface area contributed by atoms with Crippen molar-refractivity contribution in [2.75, 3.05) is 5.75 Å². The summed E-state index contributed by atoms with van der Waals surface area (Å²) in [6, 6.07) is 0.386.